The van der Waals surface area contributed by atoms with Gasteiger partial charge in [-0.25, -0.2) is 4.79 Å². The van der Waals surface area contributed by atoms with Gasteiger partial charge < -0.3 is 14.6 Å². The Morgan fingerprint density at radius 3 is 2.73 bits per heavy atom. The van der Waals surface area contributed by atoms with Gasteiger partial charge in [0.05, 0.1) is 7.11 Å². The Bertz CT molecular complexity index is 695. The number of carboxylic acid groups (broad SMARTS) is 1. The van der Waals surface area contributed by atoms with Gasteiger partial charge >= 0.3 is 5.97 Å². The molecule has 0 atom stereocenters. The highest BCUT2D eigenvalue weighted by molar-refractivity contribution is 9.10. The number of methoxy groups -OCH3 is 1. The normalized spacial score (nSPS) is 10.6. The van der Waals surface area contributed by atoms with Crippen molar-refractivity contribution in [2.45, 2.75) is 6.61 Å². The van der Waals surface area contributed by atoms with Crippen LogP contribution in [0.25, 0.3) is 6.08 Å². The molecule has 0 amide bonds. The summed E-state index contributed by atoms with van der Waals surface area (Å²) in [6, 6.07) is 13.1. The van der Waals surface area contributed by atoms with Gasteiger partial charge in [0.25, 0.3) is 0 Å². The summed E-state index contributed by atoms with van der Waals surface area (Å²) in [5.41, 5.74) is 1.75. The molecule has 0 radical (unpaired) electrons. The third-order valence-corrected chi connectivity index (χ3v) is 3.38. The van der Waals surface area contributed by atoms with E-state index in [0.717, 1.165) is 21.7 Å². The molecule has 2 rings (SSSR count). The van der Waals surface area contributed by atoms with Crippen LogP contribution in [0.1, 0.15) is 11.1 Å². The zero-order chi connectivity index (χ0) is 15.9. The van der Waals surface area contributed by atoms with Gasteiger partial charge in [-0.3, -0.25) is 0 Å². The molecule has 1 N–H and O–H groups in total. The third kappa shape index (κ3) is 4.63. The smallest absolute Gasteiger partial charge is 0.328 e. The molecule has 0 spiro atoms. The second kappa shape index (κ2) is 7.66. The quantitative estimate of drug-likeness (QED) is 0.784. The molecule has 114 valence electrons. The van der Waals surface area contributed by atoms with Gasteiger partial charge in [0.2, 0.25) is 0 Å². The Kier molecular flexibility index (Phi) is 5.61. The zero-order valence-corrected chi connectivity index (χ0v) is 13.5. The number of halogens is 1. The molecule has 0 saturated carbocycles. The summed E-state index contributed by atoms with van der Waals surface area (Å²) < 4.78 is 12.0. The molecule has 0 aromatic heterocycles. The van der Waals surface area contributed by atoms with Gasteiger partial charge in [0.15, 0.2) is 11.5 Å². The van der Waals surface area contributed by atoms with Gasteiger partial charge in [-0.05, 0) is 41.5 Å². The fourth-order valence-corrected chi connectivity index (χ4v) is 2.31. The monoisotopic (exact) mass is 362 g/mol. The van der Waals surface area contributed by atoms with Crippen molar-refractivity contribution >= 4 is 28.0 Å². The Hall–Kier alpha value is -2.27. The van der Waals surface area contributed by atoms with E-state index in [4.69, 9.17) is 14.6 Å². The lowest BCUT2D eigenvalue weighted by Gasteiger charge is -2.11. The summed E-state index contributed by atoms with van der Waals surface area (Å²) in [6.07, 6.45) is 2.59. The Morgan fingerprint density at radius 2 is 2.05 bits per heavy atom. The van der Waals surface area contributed by atoms with E-state index in [1.165, 1.54) is 6.08 Å². The maximum absolute atomic E-state index is 10.6. The van der Waals surface area contributed by atoms with Crippen molar-refractivity contribution in [1.82, 2.24) is 0 Å². The molecule has 0 aliphatic heterocycles. The topological polar surface area (TPSA) is 55.8 Å². The molecular weight excluding hydrogens is 348 g/mol. The number of ether oxygens (including phenoxy) is 2. The largest absolute Gasteiger partial charge is 0.493 e. The third-order valence-electron chi connectivity index (χ3n) is 2.89. The van der Waals surface area contributed by atoms with Gasteiger partial charge in [0.1, 0.15) is 6.61 Å². The van der Waals surface area contributed by atoms with Crippen LogP contribution >= 0.6 is 15.9 Å². The lowest BCUT2D eigenvalue weighted by molar-refractivity contribution is -0.131. The van der Waals surface area contributed by atoms with E-state index in [1.54, 1.807) is 25.3 Å². The van der Waals surface area contributed by atoms with Crippen molar-refractivity contribution in [3.8, 4) is 11.5 Å². The minimum atomic E-state index is -0.993. The predicted molar refractivity (Wildman–Crippen MR) is 88.1 cm³/mol. The molecule has 0 aliphatic carbocycles. The van der Waals surface area contributed by atoms with Gasteiger partial charge in [-0.2, -0.15) is 0 Å². The number of carbonyl (C=O) groups is 1. The van der Waals surface area contributed by atoms with Crippen LogP contribution in [0.2, 0.25) is 0 Å². The summed E-state index contributed by atoms with van der Waals surface area (Å²) in [4.78, 5) is 10.6. The minimum absolute atomic E-state index is 0.391. The van der Waals surface area contributed by atoms with E-state index in [1.807, 2.05) is 24.3 Å². The summed E-state index contributed by atoms with van der Waals surface area (Å²) in [5, 5.41) is 8.68. The molecule has 0 heterocycles. The molecule has 0 aliphatic rings. The number of hydrogen-bond acceptors (Lipinski definition) is 3. The van der Waals surface area contributed by atoms with Crippen LogP contribution in [0.15, 0.2) is 53.0 Å². The lowest BCUT2D eigenvalue weighted by atomic mass is 10.2. The van der Waals surface area contributed by atoms with Crippen molar-refractivity contribution in [3.63, 3.8) is 0 Å². The van der Waals surface area contributed by atoms with E-state index in [-0.39, 0.29) is 0 Å². The number of hydrogen-bond donors (Lipinski definition) is 1. The van der Waals surface area contributed by atoms with Crippen molar-refractivity contribution in [1.29, 1.82) is 0 Å². The number of rotatable bonds is 6. The highest BCUT2D eigenvalue weighted by Gasteiger charge is 2.06. The standard InChI is InChI=1S/C17H15BrO4/c1-21-15-7-5-12(6-8-17(19)20)10-16(15)22-11-13-3-2-4-14(18)9-13/h2-10H,11H2,1H3,(H,19,20)/b8-6+. The molecule has 0 unspecified atom stereocenters. The predicted octanol–water partition coefficient (Wildman–Crippen LogP) is 4.13. The van der Waals surface area contributed by atoms with Crippen molar-refractivity contribution in [3.05, 3.63) is 64.1 Å². The second-order valence-corrected chi connectivity index (χ2v) is 5.42. The van der Waals surface area contributed by atoms with Crippen LogP contribution < -0.4 is 9.47 Å². The first-order valence-corrected chi connectivity index (χ1v) is 7.34. The fourth-order valence-electron chi connectivity index (χ4n) is 1.87. The first-order chi connectivity index (χ1) is 10.6. The van der Waals surface area contributed by atoms with E-state index >= 15 is 0 Å². The van der Waals surface area contributed by atoms with Gasteiger partial charge in [-0.15, -0.1) is 0 Å². The maximum Gasteiger partial charge on any atom is 0.328 e. The molecule has 0 fully saturated rings. The minimum Gasteiger partial charge on any atom is -0.493 e. The average Bonchev–Trinajstić information content (AvgIpc) is 2.51. The molecule has 2 aromatic rings. The molecule has 2 aromatic carbocycles. The van der Waals surface area contributed by atoms with Crippen LogP contribution in [0.5, 0.6) is 11.5 Å². The molecule has 5 heteroatoms. The van der Waals surface area contributed by atoms with E-state index in [2.05, 4.69) is 15.9 Å². The highest BCUT2D eigenvalue weighted by Crippen LogP contribution is 2.29. The van der Waals surface area contributed by atoms with Crippen LogP contribution in [0.4, 0.5) is 0 Å². The Labute approximate surface area is 137 Å². The fraction of sp³-hybridized carbons (Fsp3) is 0.118. The molecule has 22 heavy (non-hydrogen) atoms. The first kappa shape index (κ1) is 16.1. The molecule has 0 saturated heterocycles. The maximum atomic E-state index is 10.6. The highest BCUT2D eigenvalue weighted by atomic mass is 79.9. The summed E-state index contributed by atoms with van der Waals surface area (Å²) in [5.74, 6) is 0.171. The zero-order valence-electron chi connectivity index (χ0n) is 12.0. The summed E-state index contributed by atoms with van der Waals surface area (Å²) in [6.45, 7) is 0.391. The second-order valence-electron chi connectivity index (χ2n) is 4.50. The molecular formula is C17H15BrO4. The van der Waals surface area contributed by atoms with Crippen LogP contribution in [0.3, 0.4) is 0 Å². The summed E-state index contributed by atoms with van der Waals surface area (Å²) in [7, 11) is 1.56. The van der Waals surface area contributed by atoms with E-state index in [0.29, 0.717) is 18.1 Å². The number of carboxylic acids is 1. The van der Waals surface area contributed by atoms with Crippen LogP contribution in [-0.4, -0.2) is 18.2 Å². The van der Waals surface area contributed by atoms with Crippen molar-refractivity contribution in [2.24, 2.45) is 0 Å². The van der Waals surface area contributed by atoms with Gasteiger partial charge in [-0.1, -0.05) is 34.1 Å². The first-order valence-electron chi connectivity index (χ1n) is 6.55. The number of benzene rings is 2. The molecule has 0 bridgehead atoms. The number of aliphatic carboxylic acids is 1. The Balaban J connectivity index is 2.17. The Morgan fingerprint density at radius 1 is 1.23 bits per heavy atom. The summed E-state index contributed by atoms with van der Waals surface area (Å²) >= 11 is 3.42. The van der Waals surface area contributed by atoms with E-state index in [9.17, 15) is 4.79 Å². The average molecular weight is 363 g/mol. The van der Waals surface area contributed by atoms with Crippen molar-refractivity contribution in [2.75, 3.05) is 7.11 Å². The molecule has 4 nitrogen and oxygen atoms in total. The van der Waals surface area contributed by atoms with E-state index < -0.39 is 5.97 Å². The van der Waals surface area contributed by atoms with Crippen LogP contribution in [-0.2, 0) is 11.4 Å². The van der Waals surface area contributed by atoms with Gasteiger partial charge in [0, 0.05) is 10.5 Å². The van der Waals surface area contributed by atoms with Crippen molar-refractivity contribution < 1.29 is 19.4 Å². The SMILES string of the molecule is COc1ccc(/C=C/C(=O)O)cc1OCc1cccc(Br)c1. The lowest BCUT2D eigenvalue weighted by Crippen LogP contribution is -1.98. The van der Waals surface area contributed by atoms with Crippen LogP contribution in [0, 0.1) is 0 Å².